The number of nitrogens with zero attached hydrogens (tertiary/aromatic N) is 2. The van der Waals surface area contributed by atoms with E-state index in [1.165, 1.54) is 11.8 Å². The zero-order valence-electron chi connectivity index (χ0n) is 8.77. The van der Waals surface area contributed by atoms with Gasteiger partial charge in [0.25, 0.3) is 0 Å². The van der Waals surface area contributed by atoms with Crippen LogP contribution < -0.4 is 0 Å². The predicted octanol–water partition coefficient (Wildman–Crippen LogP) is 2.60. The average Bonchev–Trinajstić information content (AvgIpc) is 2.95. The zero-order chi connectivity index (χ0) is 11.4. The number of H-pyrrole nitrogens is 1. The van der Waals surface area contributed by atoms with E-state index in [0.29, 0.717) is 17.3 Å². The molecular formula is C10H11N3OS2. The second-order valence-electron chi connectivity index (χ2n) is 3.12. The van der Waals surface area contributed by atoms with Crippen LogP contribution in [0, 0.1) is 0 Å². The monoisotopic (exact) mass is 253 g/mol. The Morgan fingerprint density at radius 3 is 3.19 bits per heavy atom. The van der Waals surface area contributed by atoms with Crippen molar-refractivity contribution in [3.8, 4) is 10.7 Å². The molecule has 0 saturated heterocycles. The van der Waals surface area contributed by atoms with E-state index in [9.17, 15) is 4.79 Å². The largest absolute Gasteiger partial charge is 0.299 e. The number of nitrogens with one attached hydrogen (secondary N) is 1. The van der Waals surface area contributed by atoms with Crippen LogP contribution in [0.4, 0.5) is 0 Å². The summed E-state index contributed by atoms with van der Waals surface area (Å²) >= 11 is 2.98. The van der Waals surface area contributed by atoms with Gasteiger partial charge in [0.15, 0.2) is 5.82 Å². The van der Waals surface area contributed by atoms with Gasteiger partial charge in [0.05, 0.1) is 10.6 Å². The molecule has 84 valence electrons. The highest BCUT2D eigenvalue weighted by Gasteiger charge is 2.08. The molecule has 16 heavy (non-hydrogen) atoms. The summed E-state index contributed by atoms with van der Waals surface area (Å²) in [6.45, 7) is 1.86. The number of hydrogen-bond donors (Lipinski definition) is 1. The molecule has 0 bridgehead atoms. The van der Waals surface area contributed by atoms with E-state index in [1.807, 2.05) is 24.4 Å². The van der Waals surface area contributed by atoms with E-state index < -0.39 is 0 Å². The van der Waals surface area contributed by atoms with Gasteiger partial charge in [-0.1, -0.05) is 24.8 Å². The normalized spacial score (nSPS) is 10.6. The highest BCUT2D eigenvalue weighted by atomic mass is 32.2. The topological polar surface area (TPSA) is 58.6 Å². The summed E-state index contributed by atoms with van der Waals surface area (Å²) in [5.74, 6) is 1.42. The number of rotatable bonds is 5. The first-order chi connectivity index (χ1) is 7.79. The molecule has 0 aliphatic rings. The SMILES string of the molecule is CCC(=O)CSc1n[nH]c(-c2cccs2)n1. The standard InChI is InChI=1S/C10H11N3OS2/c1-2-7(14)6-16-10-11-9(12-13-10)8-4-3-5-15-8/h3-5H,2,6H2,1H3,(H,11,12,13). The molecule has 6 heteroatoms. The number of ketones is 1. The highest BCUT2D eigenvalue weighted by Crippen LogP contribution is 2.23. The minimum Gasteiger partial charge on any atom is -0.299 e. The van der Waals surface area contributed by atoms with Gasteiger partial charge in [-0.15, -0.1) is 16.4 Å². The number of Topliss-reactive ketones (excluding diaryl/α,β-unsaturated/α-hetero) is 1. The number of thiophene rings is 1. The number of hydrogen-bond acceptors (Lipinski definition) is 5. The Labute approximate surface area is 101 Å². The van der Waals surface area contributed by atoms with Gasteiger partial charge in [0.1, 0.15) is 5.78 Å². The van der Waals surface area contributed by atoms with Crippen molar-refractivity contribution in [2.45, 2.75) is 18.5 Å². The van der Waals surface area contributed by atoms with Crippen molar-refractivity contribution in [2.75, 3.05) is 5.75 Å². The first-order valence-electron chi connectivity index (χ1n) is 4.90. The van der Waals surface area contributed by atoms with Crippen molar-refractivity contribution in [2.24, 2.45) is 0 Å². The number of carbonyl (C=O) groups is 1. The van der Waals surface area contributed by atoms with Crippen molar-refractivity contribution in [1.82, 2.24) is 15.2 Å². The maximum absolute atomic E-state index is 11.1. The second-order valence-corrected chi connectivity index (χ2v) is 5.01. The van der Waals surface area contributed by atoms with Gasteiger partial charge in [0, 0.05) is 6.42 Å². The highest BCUT2D eigenvalue weighted by molar-refractivity contribution is 7.99. The Bertz CT molecular complexity index is 464. The lowest BCUT2D eigenvalue weighted by molar-refractivity contribution is -0.116. The maximum Gasteiger partial charge on any atom is 0.209 e. The molecule has 1 N–H and O–H groups in total. The van der Waals surface area contributed by atoms with Gasteiger partial charge in [-0.05, 0) is 11.4 Å². The van der Waals surface area contributed by atoms with Crippen LogP contribution in [0.5, 0.6) is 0 Å². The Balaban J connectivity index is 2.00. The summed E-state index contributed by atoms with van der Waals surface area (Å²) in [4.78, 5) is 16.5. The van der Waals surface area contributed by atoms with Crippen molar-refractivity contribution in [3.63, 3.8) is 0 Å². The molecule has 0 aliphatic heterocycles. The van der Waals surface area contributed by atoms with Crippen molar-refractivity contribution in [3.05, 3.63) is 17.5 Å². The van der Waals surface area contributed by atoms with E-state index in [-0.39, 0.29) is 5.78 Å². The van der Waals surface area contributed by atoms with E-state index in [1.54, 1.807) is 11.3 Å². The van der Waals surface area contributed by atoms with Crippen LogP contribution in [0.15, 0.2) is 22.7 Å². The molecule has 2 rings (SSSR count). The van der Waals surface area contributed by atoms with Crippen molar-refractivity contribution < 1.29 is 4.79 Å². The van der Waals surface area contributed by atoms with Gasteiger partial charge in [0.2, 0.25) is 5.16 Å². The first-order valence-corrected chi connectivity index (χ1v) is 6.77. The lowest BCUT2D eigenvalue weighted by Crippen LogP contribution is -1.98. The molecule has 2 heterocycles. The smallest absolute Gasteiger partial charge is 0.209 e. The second kappa shape index (κ2) is 5.27. The maximum atomic E-state index is 11.1. The summed E-state index contributed by atoms with van der Waals surface area (Å²) in [6.07, 6.45) is 0.565. The summed E-state index contributed by atoms with van der Waals surface area (Å²) in [6, 6.07) is 3.95. The molecule has 0 aromatic carbocycles. The van der Waals surface area contributed by atoms with Crippen LogP contribution in [0.1, 0.15) is 13.3 Å². The summed E-state index contributed by atoms with van der Waals surface area (Å²) in [5.41, 5.74) is 0. The predicted molar refractivity (Wildman–Crippen MR) is 65.7 cm³/mol. The molecule has 0 unspecified atom stereocenters. The molecule has 2 aromatic rings. The average molecular weight is 253 g/mol. The van der Waals surface area contributed by atoms with Crippen LogP contribution in [0.3, 0.4) is 0 Å². The number of aromatic amines is 1. The van der Waals surface area contributed by atoms with Gasteiger partial charge >= 0.3 is 0 Å². The molecule has 0 fully saturated rings. The zero-order valence-corrected chi connectivity index (χ0v) is 10.4. The van der Waals surface area contributed by atoms with Crippen LogP contribution in [-0.4, -0.2) is 26.7 Å². The van der Waals surface area contributed by atoms with Gasteiger partial charge < -0.3 is 0 Å². The fraction of sp³-hybridized carbons (Fsp3) is 0.300. The number of aromatic nitrogens is 3. The number of thioether (sulfide) groups is 1. The Morgan fingerprint density at radius 1 is 1.62 bits per heavy atom. The van der Waals surface area contributed by atoms with Gasteiger partial charge in [-0.2, -0.15) is 0 Å². The van der Waals surface area contributed by atoms with Gasteiger partial charge in [-0.3, -0.25) is 9.89 Å². The van der Waals surface area contributed by atoms with Crippen LogP contribution >= 0.6 is 23.1 Å². The third-order valence-corrected chi connectivity index (χ3v) is 3.76. The minimum atomic E-state index is 0.215. The quantitative estimate of drug-likeness (QED) is 0.832. The summed E-state index contributed by atoms with van der Waals surface area (Å²) in [7, 11) is 0. The lowest BCUT2D eigenvalue weighted by atomic mass is 10.4. The molecule has 0 aliphatic carbocycles. The Hall–Kier alpha value is -1.14. The minimum absolute atomic E-state index is 0.215. The number of carbonyl (C=O) groups excluding carboxylic acids is 1. The molecule has 0 atom stereocenters. The van der Waals surface area contributed by atoms with E-state index in [2.05, 4.69) is 15.2 Å². The van der Waals surface area contributed by atoms with E-state index in [4.69, 9.17) is 0 Å². The fourth-order valence-electron chi connectivity index (χ4n) is 1.08. The Kier molecular flexibility index (Phi) is 3.74. The fourth-order valence-corrected chi connectivity index (χ4v) is 2.51. The third kappa shape index (κ3) is 2.70. The third-order valence-electron chi connectivity index (χ3n) is 1.98. The summed E-state index contributed by atoms with van der Waals surface area (Å²) in [5, 5.41) is 9.55. The molecule has 2 aromatic heterocycles. The van der Waals surface area contributed by atoms with Crippen LogP contribution in [0.25, 0.3) is 10.7 Å². The van der Waals surface area contributed by atoms with E-state index in [0.717, 1.165) is 10.7 Å². The Morgan fingerprint density at radius 2 is 2.50 bits per heavy atom. The van der Waals surface area contributed by atoms with Gasteiger partial charge in [-0.25, -0.2) is 4.98 Å². The lowest BCUT2D eigenvalue weighted by Gasteiger charge is -1.92. The molecule has 0 saturated carbocycles. The molecule has 4 nitrogen and oxygen atoms in total. The van der Waals surface area contributed by atoms with Crippen molar-refractivity contribution >= 4 is 28.9 Å². The molecule has 0 amide bonds. The van der Waals surface area contributed by atoms with Crippen LogP contribution in [0.2, 0.25) is 0 Å². The molecular weight excluding hydrogens is 242 g/mol. The van der Waals surface area contributed by atoms with E-state index >= 15 is 0 Å². The molecule has 0 radical (unpaired) electrons. The van der Waals surface area contributed by atoms with Crippen molar-refractivity contribution in [1.29, 1.82) is 0 Å². The summed E-state index contributed by atoms with van der Waals surface area (Å²) < 4.78 is 0. The molecule has 0 spiro atoms. The van der Waals surface area contributed by atoms with Crippen LogP contribution in [-0.2, 0) is 4.79 Å². The first kappa shape index (κ1) is 11.3.